The molecule has 200 valence electrons. The van der Waals surface area contributed by atoms with Gasteiger partial charge in [-0.15, -0.1) is 0 Å². The van der Waals surface area contributed by atoms with Gasteiger partial charge < -0.3 is 19.7 Å². The molecule has 0 bridgehead atoms. The van der Waals surface area contributed by atoms with Crippen LogP contribution in [0.1, 0.15) is 25.0 Å². The second-order valence-electron chi connectivity index (χ2n) is 7.64. The first-order valence-electron chi connectivity index (χ1n) is 10.7. The molecule has 0 aliphatic rings. The van der Waals surface area contributed by atoms with Crippen molar-refractivity contribution in [3.05, 3.63) is 82.4 Å². The van der Waals surface area contributed by atoms with Crippen molar-refractivity contribution in [2.45, 2.75) is 36.9 Å². The number of thioether (sulfide) groups is 1. The summed E-state index contributed by atoms with van der Waals surface area (Å²) in [6.07, 6.45) is 0.480. The highest BCUT2D eigenvalue weighted by atomic mass is 35.5. The van der Waals surface area contributed by atoms with Crippen LogP contribution in [0.2, 0.25) is 5.02 Å². The van der Waals surface area contributed by atoms with Gasteiger partial charge in [0.05, 0.1) is 6.10 Å². The van der Waals surface area contributed by atoms with Crippen LogP contribution in [0, 0.1) is 11.6 Å². The number of ether oxygens (including phenoxy) is 2. The fraction of sp³-hybridized carbons (Fsp3) is 0.250. The van der Waals surface area contributed by atoms with E-state index in [4.69, 9.17) is 20.9 Å². The van der Waals surface area contributed by atoms with Gasteiger partial charge in [-0.25, -0.2) is 13.6 Å². The van der Waals surface area contributed by atoms with Crippen LogP contribution in [0.4, 0.5) is 13.6 Å². The van der Waals surface area contributed by atoms with Crippen molar-refractivity contribution < 1.29 is 41.8 Å². The Bertz CT molecular complexity index is 1210. The molecule has 13 heteroatoms. The first-order valence-corrected chi connectivity index (χ1v) is 13.6. The number of rotatable bonds is 12. The Morgan fingerprint density at radius 1 is 1.22 bits per heavy atom. The topological polar surface area (TPSA) is 111 Å². The summed E-state index contributed by atoms with van der Waals surface area (Å²) in [5.41, 5.74) is -0.981. The van der Waals surface area contributed by atoms with E-state index in [1.165, 1.54) is 35.4 Å². The normalized spacial score (nSPS) is 13.7. The van der Waals surface area contributed by atoms with Crippen LogP contribution in [0.15, 0.2) is 59.5 Å². The number of carbonyl (C=O) groups excluding carboxylic acids is 2. The molecule has 37 heavy (non-hydrogen) atoms. The van der Waals surface area contributed by atoms with E-state index in [1.54, 1.807) is 26.0 Å². The van der Waals surface area contributed by atoms with E-state index in [9.17, 15) is 27.8 Å². The zero-order chi connectivity index (χ0) is 27.6. The second kappa shape index (κ2) is 14.3. The van der Waals surface area contributed by atoms with Crippen LogP contribution in [0.3, 0.4) is 0 Å². The summed E-state index contributed by atoms with van der Waals surface area (Å²) < 4.78 is 54.0. The van der Waals surface area contributed by atoms with E-state index in [1.807, 2.05) is 0 Å². The average molecular weight is 576 g/mol. The molecule has 0 spiro atoms. The molecule has 2 rings (SSSR count). The number of hydrogen-bond acceptors (Lipinski definition) is 7. The van der Waals surface area contributed by atoms with Crippen LogP contribution in [0.5, 0.6) is 0 Å². The molecule has 0 fully saturated rings. The number of hydrogen-bond donors (Lipinski definition) is 2. The summed E-state index contributed by atoms with van der Waals surface area (Å²) >= 11 is 7.31. The molecule has 0 aliphatic heterocycles. The number of benzene rings is 2. The average Bonchev–Trinajstić information content (AvgIpc) is 2.80. The van der Waals surface area contributed by atoms with E-state index < -0.39 is 49.8 Å². The maximum atomic E-state index is 13.4. The van der Waals surface area contributed by atoms with Gasteiger partial charge in [-0.3, -0.25) is 13.9 Å². The quantitative estimate of drug-likeness (QED) is 0.132. The van der Waals surface area contributed by atoms with Gasteiger partial charge in [0.25, 0.3) is 0 Å². The Balaban J connectivity index is 2.26. The van der Waals surface area contributed by atoms with Gasteiger partial charge in [-0.2, -0.15) is 0 Å². The Labute approximate surface area is 222 Å². The molecule has 2 N–H and O–H groups in total. The molecule has 0 radical (unpaired) electrons. The van der Waals surface area contributed by atoms with Crippen LogP contribution in [0.25, 0.3) is 6.08 Å². The van der Waals surface area contributed by atoms with Gasteiger partial charge >= 0.3 is 13.8 Å². The van der Waals surface area contributed by atoms with E-state index >= 15 is 0 Å². The zero-order valence-electron chi connectivity index (χ0n) is 19.9. The molecule has 0 aromatic heterocycles. The minimum absolute atomic E-state index is 0.232. The highest BCUT2D eigenvalue weighted by Crippen LogP contribution is 2.49. The van der Waals surface area contributed by atoms with E-state index in [0.29, 0.717) is 15.5 Å². The molecule has 2 unspecified atom stereocenters. The predicted molar refractivity (Wildman–Crippen MR) is 137 cm³/mol. The monoisotopic (exact) mass is 575 g/mol. The van der Waals surface area contributed by atoms with Crippen LogP contribution < -0.4 is 5.32 Å². The standard InChI is InChI=1S/C24H25ClF2NO7PS/c1-4-37-22-8-6-18(25)12-17(22)13-21(36(31,32)34-14-33-24(30)35-15(2)3)23(29)28-10-9-16-5-7-19(26)20(27)11-16/h4-12,15,21H,1,13-14H2,2-3H3,(H,28,29)(H,31,32)/b10-9+. The lowest BCUT2D eigenvalue weighted by molar-refractivity contribution is -0.120. The highest BCUT2D eigenvalue weighted by molar-refractivity contribution is 8.02. The SMILES string of the molecule is C=CSc1ccc(Cl)cc1CC(C(=O)N/C=C/c1ccc(F)c(F)c1)P(=O)(O)OCOC(=O)OC(C)C. The summed E-state index contributed by atoms with van der Waals surface area (Å²) in [7, 11) is -4.76. The fourth-order valence-electron chi connectivity index (χ4n) is 2.88. The maximum absolute atomic E-state index is 13.4. The summed E-state index contributed by atoms with van der Waals surface area (Å²) in [6, 6.07) is 7.90. The predicted octanol–water partition coefficient (Wildman–Crippen LogP) is 6.27. The summed E-state index contributed by atoms with van der Waals surface area (Å²) in [6.45, 7) is 5.86. The van der Waals surface area contributed by atoms with Gasteiger partial charge in [0.1, 0.15) is 5.66 Å². The molecule has 0 heterocycles. The van der Waals surface area contributed by atoms with Crippen molar-refractivity contribution >= 4 is 49.1 Å². The largest absolute Gasteiger partial charge is 0.510 e. The zero-order valence-corrected chi connectivity index (χ0v) is 22.3. The lowest BCUT2D eigenvalue weighted by atomic mass is 10.1. The van der Waals surface area contributed by atoms with Crippen molar-refractivity contribution in [1.29, 1.82) is 0 Å². The van der Waals surface area contributed by atoms with Crippen molar-refractivity contribution in [2.24, 2.45) is 0 Å². The molecular formula is C24H25ClF2NO7PS. The smallest absolute Gasteiger partial charge is 0.432 e. The van der Waals surface area contributed by atoms with Gasteiger partial charge in [-0.1, -0.05) is 36.0 Å². The highest BCUT2D eigenvalue weighted by Gasteiger charge is 2.39. The lowest BCUT2D eigenvalue weighted by Gasteiger charge is -2.22. The molecule has 8 nitrogen and oxygen atoms in total. The number of amides is 1. The third-order valence-corrected chi connectivity index (χ3v) is 7.27. The van der Waals surface area contributed by atoms with Crippen LogP contribution >= 0.6 is 31.0 Å². The van der Waals surface area contributed by atoms with Crippen molar-refractivity contribution in [1.82, 2.24) is 5.32 Å². The number of nitrogens with one attached hydrogen (secondary N) is 1. The van der Waals surface area contributed by atoms with E-state index in [-0.39, 0.29) is 12.0 Å². The number of carbonyl (C=O) groups is 2. The van der Waals surface area contributed by atoms with Gasteiger partial charge in [0.15, 0.2) is 11.6 Å². The minimum Gasteiger partial charge on any atom is -0.432 e. The Morgan fingerprint density at radius 2 is 1.95 bits per heavy atom. The minimum atomic E-state index is -4.76. The van der Waals surface area contributed by atoms with Crippen molar-refractivity contribution in [3.8, 4) is 0 Å². The van der Waals surface area contributed by atoms with Crippen molar-refractivity contribution in [2.75, 3.05) is 6.79 Å². The molecule has 1 amide bonds. The third-order valence-electron chi connectivity index (χ3n) is 4.53. The Hall–Kier alpha value is -2.69. The molecular weight excluding hydrogens is 551 g/mol. The Kier molecular flexibility index (Phi) is 11.8. The van der Waals surface area contributed by atoms with Gasteiger partial charge in [0.2, 0.25) is 12.7 Å². The molecule has 0 saturated carbocycles. The molecule has 0 aliphatic carbocycles. The van der Waals surface area contributed by atoms with Gasteiger partial charge in [0, 0.05) is 16.1 Å². The van der Waals surface area contributed by atoms with Gasteiger partial charge in [-0.05, 0) is 73.2 Å². The number of halogens is 3. The fourth-order valence-corrected chi connectivity index (χ4v) is 4.87. The Morgan fingerprint density at radius 3 is 2.59 bits per heavy atom. The molecule has 0 saturated heterocycles. The second-order valence-corrected chi connectivity index (χ2v) is 11.1. The molecule has 2 aromatic carbocycles. The van der Waals surface area contributed by atoms with Crippen LogP contribution in [-0.4, -0.2) is 35.5 Å². The summed E-state index contributed by atoms with van der Waals surface area (Å²) in [4.78, 5) is 35.8. The van der Waals surface area contributed by atoms with E-state index in [0.717, 1.165) is 18.3 Å². The molecule has 2 aromatic rings. The summed E-state index contributed by atoms with van der Waals surface area (Å²) in [5.74, 6) is -3.04. The van der Waals surface area contributed by atoms with Crippen LogP contribution in [-0.2, 0) is 29.8 Å². The first-order chi connectivity index (χ1) is 17.4. The van der Waals surface area contributed by atoms with E-state index in [2.05, 4.69) is 16.6 Å². The summed E-state index contributed by atoms with van der Waals surface area (Å²) in [5, 5.41) is 4.21. The third kappa shape index (κ3) is 9.94. The lowest BCUT2D eigenvalue weighted by Crippen LogP contribution is -2.34. The molecule has 2 atom stereocenters. The van der Waals surface area contributed by atoms with Crippen molar-refractivity contribution in [3.63, 3.8) is 0 Å². The first kappa shape index (κ1) is 30.5. The maximum Gasteiger partial charge on any atom is 0.510 e.